The lowest BCUT2D eigenvalue weighted by molar-refractivity contribution is -0.384. The lowest BCUT2D eigenvalue weighted by Gasteiger charge is -2.31. The highest BCUT2D eigenvalue weighted by molar-refractivity contribution is 6.00. The predicted molar refractivity (Wildman–Crippen MR) is 108 cm³/mol. The van der Waals surface area contributed by atoms with E-state index in [1.165, 1.54) is 29.2 Å². The minimum absolute atomic E-state index is 0.108. The number of nitro benzene ring substituents is 1. The first-order valence-electron chi connectivity index (χ1n) is 9.63. The fraction of sp³-hybridized carbons (Fsp3) is 0.381. The minimum Gasteiger partial charge on any atom is -0.489 e. The summed E-state index contributed by atoms with van der Waals surface area (Å²) in [6, 6.07) is 10.5. The molecule has 2 aromatic rings. The zero-order chi connectivity index (χ0) is 20.8. The highest BCUT2D eigenvalue weighted by Gasteiger charge is 2.24. The van der Waals surface area contributed by atoms with E-state index >= 15 is 0 Å². The fourth-order valence-electron chi connectivity index (χ4n) is 3.38. The monoisotopic (exact) mass is 401 g/mol. The molecule has 8 heteroatoms. The summed E-state index contributed by atoms with van der Waals surface area (Å²) in [6.45, 7) is 1.96. The van der Waals surface area contributed by atoms with Crippen LogP contribution in [0.25, 0.3) is 0 Å². The van der Waals surface area contributed by atoms with Crippen molar-refractivity contribution in [2.24, 2.45) is 0 Å². The van der Waals surface area contributed by atoms with Gasteiger partial charge >= 0.3 is 0 Å². The topological polar surface area (TPSA) is 75.9 Å². The molecule has 29 heavy (non-hydrogen) atoms. The van der Waals surface area contributed by atoms with Gasteiger partial charge in [0.2, 0.25) is 0 Å². The van der Waals surface area contributed by atoms with Crippen LogP contribution >= 0.6 is 0 Å². The molecule has 0 aliphatic carbocycles. The molecule has 1 fully saturated rings. The largest absolute Gasteiger partial charge is 0.489 e. The summed E-state index contributed by atoms with van der Waals surface area (Å²) >= 11 is 0. The van der Waals surface area contributed by atoms with Gasteiger partial charge in [-0.1, -0.05) is 12.1 Å². The van der Waals surface area contributed by atoms with Crippen molar-refractivity contribution in [1.82, 2.24) is 4.90 Å². The first-order chi connectivity index (χ1) is 14.0. The third kappa shape index (κ3) is 5.01. The molecule has 0 unspecified atom stereocenters. The number of benzene rings is 2. The van der Waals surface area contributed by atoms with Gasteiger partial charge in [-0.2, -0.15) is 0 Å². The van der Waals surface area contributed by atoms with Gasteiger partial charge in [-0.3, -0.25) is 14.9 Å². The maximum atomic E-state index is 13.6. The van der Waals surface area contributed by atoms with Crippen molar-refractivity contribution < 1.29 is 18.8 Å². The normalized spacial score (nSPS) is 13.8. The van der Waals surface area contributed by atoms with E-state index in [0.29, 0.717) is 11.3 Å². The van der Waals surface area contributed by atoms with Crippen molar-refractivity contribution in [2.75, 3.05) is 38.2 Å². The van der Waals surface area contributed by atoms with Crippen molar-refractivity contribution >= 4 is 17.3 Å². The average molecular weight is 401 g/mol. The summed E-state index contributed by atoms with van der Waals surface area (Å²) in [6.07, 6.45) is 3.19. The third-order valence-electron chi connectivity index (χ3n) is 4.99. The Balaban J connectivity index is 1.74. The van der Waals surface area contributed by atoms with Crippen LogP contribution in [0.15, 0.2) is 42.5 Å². The second kappa shape index (κ2) is 9.36. The molecular formula is C21H24FN3O4. The number of ether oxygens (including phenoxy) is 1. The molecule has 3 rings (SSSR count). The Labute approximate surface area is 168 Å². The lowest BCUT2D eigenvalue weighted by Crippen LogP contribution is -2.35. The van der Waals surface area contributed by atoms with Crippen LogP contribution in [-0.2, 0) is 0 Å². The molecule has 0 bridgehead atoms. The van der Waals surface area contributed by atoms with E-state index in [1.807, 2.05) is 0 Å². The Morgan fingerprint density at radius 2 is 1.93 bits per heavy atom. The van der Waals surface area contributed by atoms with Gasteiger partial charge in [0, 0.05) is 32.3 Å². The molecular weight excluding hydrogens is 377 g/mol. The van der Waals surface area contributed by atoms with Crippen LogP contribution in [-0.4, -0.2) is 49.0 Å². The van der Waals surface area contributed by atoms with Crippen molar-refractivity contribution in [3.63, 3.8) is 0 Å². The molecule has 0 atom stereocenters. The quantitative estimate of drug-likeness (QED) is 0.520. The molecule has 1 aliphatic rings. The number of carbonyl (C=O) groups excluding carboxylic acids is 1. The third-order valence-corrected chi connectivity index (χ3v) is 4.99. The highest BCUT2D eigenvalue weighted by atomic mass is 19.1. The smallest absolute Gasteiger partial charge is 0.270 e. The van der Waals surface area contributed by atoms with Gasteiger partial charge < -0.3 is 14.5 Å². The number of hydrogen-bond donors (Lipinski definition) is 0. The number of amides is 1. The fourth-order valence-corrected chi connectivity index (χ4v) is 3.38. The summed E-state index contributed by atoms with van der Waals surface area (Å²) in [5.74, 6) is -0.670. The summed E-state index contributed by atoms with van der Waals surface area (Å²) in [4.78, 5) is 27.3. The number of anilines is 1. The van der Waals surface area contributed by atoms with Crippen LogP contribution in [0.4, 0.5) is 15.8 Å². The first-order valence-corrected chi connectivity index (χ1v) is 9.63. The van der Waals surface area contributed by atoms with Crippen molar-refractivity contribution in [3.05, 3.63) is 64.0 Å². The SMILES string of the molecule is CN(CCOc1ccccc1F)C(=O)c1cc([N+](=O)[O-])ccc1N1CCCCC1. The molecule has 0 aromatic heterocycles. The summed E-state index contributed by atoms with van der Waals surface area (Å²) in [5, 5.41) is 11.2. The van der Waals surface area contributed by atoms with E-state index in [2.05, 4.69) is 4.90 Å². The van der Waals surface area contributed by atoms with Crippen molar-refractivity contribution in [2.45, 2.75) is 19.3 Å². The van der Waals surface area contributed by atoms with Gasteiger partial charge in [0.05, 0.1) is 22.7 Å². The Morgan fingerprint density at radius 1 is 1.21 bits per heavy atom. The lowest BCUT2D eigenvalue weighted by atomic mass is 10.1. The molecule has 0 saturated carbocycles. The van der Waals surface area contributed by atoms with Crippen LogP contribution in [0.1, 0.15) is 29.6 Å². The first kappa shape index (κ1) is 20.6. The Kier molecular flexibility index (Phi) is 6.64. The zero-order valence-corrected chi connectivity index (χ0v) is 16.3. The van der Waals surface area contributed by atoms with Gasteiger partial charge in [0.15, 0.2) is 11.6 Å². The number of nitrogens with zero attached hydrogens (tertiary/aromatic N) is 3. The van der Waals surface area contributed by atoms with Crippen LogP contribution in [0.2, 0.25) is 0 Å². The Hall–Kier alpha value is -3.16. The van der Waals surface area contributed by atoms with E-state index in [0.717, 1.165) is 32.4 Å². The number of halogens is 1. The van der Waals surface area contributed by atoms with E-state index in [1.54, 1.807) is 25.2 Å². The maximum absolute atomic E-state index is 13.6. The average Bonchev–Trinajstić information content (AvgIpc) is 2.74. The van der Waals surface area contributed by atoms with E-state index in [9.17, 15) is 19.3 Å². The minimum atomic E-state index is -0.502. The summed E-state index contributed by atoms with van der Waals surface area (Å²) in [7, 11) is 1.60. The number of piperidine rings is 1. The number of likely N-dealkylation sites (N-methyl/N-ethyl adjacent to an activating group) is 1. The number of hydrogen-bond acceptors (Lipinski definition) is 5. The Bertz CT molecular complexity index is 884. The molecule has 2 aromatic carbocycles. The van der Waals surface area contributed by atoms with E-state index < -0.39 is 10.7 Å². The van der Waals surface area contributed by atoms with Crippen LogP contribution < -0.4 is 9.64 Å². The highest BCUT2D eigenvalue weighted by Crippen LogP contribution is 2.29. The molecule has 7 nitrogen and oxygen atoms in total. The summed E-state index contributed by atoms with van der Waals surface area (Å²) < 4.78 is 19.1. The molecule has 1 saturated heterocycles. The van der Waals surface area contributed by atoms with Gasteiger partial charge in [0.1, 0.15) is 6.61 Å². The number of para-hydroxylation sites is 1. The van der Waals surface area contributed by atoms with Gasteiger partial charge in [-0.25, -0.2) is 4.39 Å². The maximum Gasteiger partial charge on any atom is 0.270 e. The second-order valence-corrected chi connectivity index (χ2v) is 7.01. The number of rotatable bonds is 7. The van der Waals surface area contributed by atoms with Gasteiger partial charge in [-0.05, 0) is 37.5 Å². The van der Waals surface area contributed by atoms with Crippen LogP contribution in [0.3, 0.4) is 0 Å². The molecule has 1 amide bonds. The Morgan fingerprint density at radius 3 is 2.62 bits per heavy atom. The predicted octanol–water partition coefficient (Wildman–Crippen LogP) is 3.88. The number of nitro groups is 1. The molecule has 0 spiro atoms. The van der Waals surface area contributed by atoms with Gasteiger partial charge in [0.25, 0.3) is 11.6 Å². The molecule has 1 aliphatic heterocycles. The van der Waals surface area contributed by atoms with Crippen LogP contribution in [0.5, 0.6) is 5.75 Å². The number of non-ortho nitro benzene ring substituents is 1. The number of carbonyl (C=O) groups is 1. The second-order valence-electron chi connectivity index (χ2n) is 7.01. The standard InChI is InChI=1S/C21H24FN3O4/c1-23(13-14-29-20-8-4-3-7-18(20)22)21(26)17-15-16(25(27)28)9-10-19(17)24-11-5-2-6-12-24/h3-4,7-10,15H,2,5-6,11-14H2,1H3. The zero-order valence-electron chi connectivity index (χ0n) is 16.3. The molecule has 0 radical (unpaired) electrons. The molecule has 154 valence electrons. The molecule has 0 N–H and O–H groups in total. The van der Waals surface area contributed by atoms with Gasteiger partial charge in [-0.15, -0.1) is 0 Å². The van der Waals surface area contributed by atoms with E-state index in [4.69, 9.17) is 4.74 Å². The van der Waals surface area contributed by atoms with Crippen molar-refractivity contribution in [3.8, 4) is 5.75 Å². The van der Waals surface area contributed by atoms with Crippen LogP contribution in [0, 0.1) is 15.9 Å². The molecule has 1 heterocycles. The summed E-state index contributed by atoms with van der Waals surface area (Å²) in [5.41, 5.74) is 0.891. The van der Waals surface area contributed by atoms with Crippen molar-refractivity contribution in [1.29, 1.82) is 0 Å². The van der Waals surface area contributed by atoms with E-state index in [-0.39, 0.29) is 30.5 Å².